The van der Waals surface area contributed by atoms with Gasteiger partial charge in [-0.2, -0.15) is 5.10 Å². The summed E-state index contributed by atoms with van der Waals surface area (Å²) in [6.45, 7) is 4.16. The first-order chi connectivity index (χ1) is 16.0. The summed E-state index contributed by atoms with van der Waals surface area (Å²) in [4.78, 5) is 12.0. The van der Waals surface area contributed by atoms with Crippen LogP contribution in [0.4, 0.5) is 0 Å². The summed E-state index contributed by atoms with van der Waals surface area (Å²) in [5.41, 5.74) is 6.21. The number of amides is 1. The highest BCUT2D eigenvalue weighted by molar-refractivity contribution is 6.32. The SMILES string of the molecule is COc1cc(/C=N/NC(=O)COc2cc(C)c(Cl)c(C)c2)ccc1OCCc1ccccc1. The number of hydrogen-bond donors (Lipinski definition) is 1. The van der Waals surface area contributed by atoms with Crippen molar-refractivity contribution < 1.29 is 19.0 Å². The smallest absolute Gasteiger partial charge is 0.277 e. The van der Waals surface area contributed by atoms with Crippen LogP contribution in [0.3, 0.4) is 0 Å². The van der Waals surface area contributed by atoms with Crippen molar-refractivity contribution in [3.8, 4) is 17.2 Å². The van der Waals surface area contributed by atoms with E-state index in [0.29, 0.717) is 28.9 Å². The van der Waals surface area contributed by atoms with Gasteiger partial charge in [0.1, 0.15) is 5.75 Å². The number of nitrogens with zero attached hydrogens (tertiary/aromatic N) is 1. The monoisotopic (exact) mass is 466 g/mol. The van der Waals surface area contributed by atoms with E-state index in [9.17, 15) is 4.79 Å². The van der Waals surface area contributed by atoms with Gasteiger partial charge in [0.15, 0.2) is 18.1 Å². The molecular formula is C26H27ClN2O4. The fourth-order valence-corrected chi connectivity index (χ4v) is 3.27. The minimum absolute atomic E-state index is 0.157. The molecule has 3 rings (SSSR count). The molecule has 0 aliphatic carbocycles. The number of halogens is 1. The predicted molar refractivity (Wildman–Crippen MR) is 131 cm³/mol. The van der Waals surface area contributed by atoms with E-state index in [4.69, 9.17) is 25.8 Å². The first kappa shape index (κ1) is 24.1. The highest BCUT2D eigenvalue weighted by Crippen LogP contribution is 2.28. The number of carbonyl (C=O) groups excluding carboxylic acids is 1. The average Bonchev–Trinajstić information content (AvgIpc) is 2.82. The van der Waals surface area contributed by atoms with Gasteiger partial charge in [0.2, 0.25) is 0 Å². The normalized spacial score (nSPS) is 10.8. The molecule has 0 atom stereocenters. The van der Waals surface area contributed by atoms with Crippen LogP contribution in [-0.4, -0.2) is 32.4 Å². The topological polar surface area (TPSA) is 69.2 Å². The number of ether oxygens (including phenoxy) is 3. The summed E-state index contributed by atoms with van der Waals surface area (Å²) in [5, 5.41) is 4.68. The van der Waals surface area contributed by atoms with E-state index in [0.717, 1.165) is 23.1 Å². The second kappa shape index (κ2) is 11.9. The summed E-state index contributed by atoms with van der Waals surface area (Å²) >= 11 is 6.15. The van der Waals surface area contributed by atoms with Crippen LogP contribution in [0.5, 0.6) is 17.2 Å². The summed E-state index contributed by atoms with van der Waals surface area (Å²) in [6, 6.07) is 19.2. The van der Waals surface area contributed by atoms with Crippen molar-refractivity contribution in [1.29, 1.82) is 0 Å². The van der Waals surface area contributed by atoms with Gasteiger partial charge >= 0.3 is 0 Å². The van der Waals surface area contributed by atoms with Crippen LogP contribution in [-0.2, 0) is 11.2 Å². The van der Waals surface area contributed by atoms with E-state index in [2.05, 4.69) is 22.7 Å². The molecule has 0 heterocycles. The highest BCUT2D eigenvalue weighted by Gasteiger charge is 2.07. The Morgan fingerprint density at radius 2 is 1.73 bits per heavy atom. The molecule has 0 aliphatic heterocycles. The maximum absolute atomic E-state index is 12.0. The third-order valence-corrected chi connectivity index (χ3v) is 5.46. The van der Waals surface area contributed by atoms with Crippen LogP contribution in [0, 0.1) is 13.8 Å². The molecule has 0 aromatic heterocycles. The fraction of sp³-hybridized carbons (Fsp3) is 0.231. The van der Waals surface area contributed by atoms with Crippen molar-refractivity contribution in [2.45, 2.75) is 20.3 Å². The van der Waals surface area contributed by atoms with E-state index in [1.165, 1.54) is 11.8 Å². The van der Waals surface area contributed by atoms with Gasteiger partial charge in [-0.05, 0) is 66.4 Å². The summed E-state index contributed by atoms with van der Waals surface area (Å²) in [6.07, 6.45) is 2.33. The van der Waals surface area contributed by atoms with Gasteiger partial charge < -0.3 is 14.2 Å². The summed E-state index contributed by atoms with van der Waals surface area (Å²) in [7, 11) is 1.58. The summed E-state index contributed by atoms with van der Waals surface area (Å²) < 4.78 is 16.8. The first-order valence-corrected chi connectivity index (χ1v) is 10.9. The van der Waals surface area contributed by atoms with Crippen molar-refractivity contribution in [1.82, 2.24) is 5.43 Å². The number of benzene rings is 3. The van der Waals surface area contributed by atoms with Crippen LogP contribution in [0.25, 0.3) is 0 Å². The van der Waals surface area contributed by atoms with Crippen molar-refractivity contribution in [2.24, 2.45) is 5.10 Å². The standard InChI is InChI=1S/C26H27ClN2O4/c1-18-13-22(14-19(2)26(18)27)33-17-25(30)29-28-16-21-9-10-23(24(15-21)31-3)32-12-11-20-7-5-4-6-8-20/h4-10,13-16H,11-12,17H2,1-3H3,(H,29,30)/b28-16+. The number of hydrogen-bond acceptors (Lipinski definition) is 5. The molecule has 3 aromatic carbocycles. The van der Waals surface area contributed by atoms with E-state index in [1.54, 1.807) is 25.3 Å². The van der Waals surface area contributed by atoms with Gasteiger partial charge in [-0.1, -0.05) is 41.9 Å². The van der Waals surface area contributed by atoms with Crippen LogP contribution < -0.4 is 19.6 Å². The quantitative estimate of drug-likeness (QED) is 0.333. The lowest BCUT2D eigenvalue weighted by molar-refractivity contribution is -0.123. The van der Waals surface area contributed by atoms with E-state index in [-0.39, 0.29) is 12.5 Å². The fourth-order valence-electron chi connectivity index (χ4n) is 3.16. The molecule has 172 valence electrons. The largest absolute Gasteiger partial charge is 0.493 e. The molecule has 0 spiro atoms. The lowest BCUT2D eigenvalue weighted by Crippen LogP contribution is -2.24. The van der Waals surface area contributed by atoms with Crippen LogP contribution in [0.15, 0.2) is 65.8 Å². The molecule has 1 amide bonds. The van der Waals surface area contributed by atoms with Gasteiger partial charge in [-0.25, -0.2) is 5.43 Å². The number of rotatable bonds is 10. The first-order valence-electron chi connectivity index (χ1n) is 10.5. The van der Waals surface area contributed by atoms with E-state index in [1.807, 2.05) is 44.2 Å². The number of methoxy groups -OCH3 is 1. The van der Waals surface area contributed by atoms with Crippen LogP contribution >= 0.6 is 11.6 Å². The Labute approximate surface area is 199 Å². The minimum Gasteiger partial charge on any atom is -0.493 e. The van der Waals surface area contributed by atoms with Crippen molar-refractivity contribution in [3.05, 3.63) is 87.9 Å². The zero-order valence-corrected chi connectivity index (χ0v) is 19.7. The molecule has 1 N–H and O–H groups in total. The van der Waals surface area contributed by atoms with Crippen molar-refractivity contribution in [2.75, 3.05) is 20.3 Å². The average molecular weight is 467 g/mol. The molecule has 0 fully saturated rings. The Hall–Kier alpha value is -3.51. The Bertz CT molecular complexity index is 1090. The molecule has 0 aliphatic rings. The lowest BCUT2D eigenvalue weighted by atomic mass is 10.1. The molecule has 0 saturated carbocycles. The molecule has 0 bridgehead atoms. The van der Waals surface area contributed by atoms with Gasteiger partial charge in [0.25, 0.3) is 5.91 Å². The molecule has 3 aromatic rings. The van der Waals surface area contributed by atoms with Gasteiger partial charge in [-0.15, -0.1) is 0 Å². The number of aryl methyl sites for hydroxylation is 2. The number of hydrazone groups is 1. The Balaban J connectivity index is 1.49. The number of nitrogens with one attached hydrogen (secondary N) is 1. The molecule has 0 unspecified atom stereocenters. The Morgan fingerprint density at radius 1 is 1.00 bits per heavy atom. The third-order valence-electron chi connectivity index (χ3n) is 4.86. The predicted octanol–water partition coefficient (Wildman–Crippen LogP) is 5.12. The third kappa shape index (κ3) is 7.26. The van der Waals surface area contributed by atoms with Crippen LogP contribution in [0.1, 0.15) is 22.3 Å². The van der Waals surface area contributed by atoms with Crippen LogP contribution in [0.2, 0.25) is 5.02 Å². The molecule has 33 heavy (non-hydrogen) atoms. The molecule has 7 heteroatoms. The molecule has 0 radical (unpaired) electrons. The summed E-state index contributed by atoms with van der Waals surface area (Å²) in [5.74, 6) is 1.46. The molecule has 0 saturated heterocycles. The number of carbonyl (C=O) groups is 1. The highest BCUT2D eigenvalue weighted by atomic mass is 35.5. The second-order valence-electron chi connectivity index (χ2n) is 7.45. The maximum Gasteiger partial charge on any atom is 0.277 e. The zero-order valence-electron chi connectivity index (χ0n) is 18.9. The second-order valence-corrected chi connectivity index (χ2v) is 7.83. The lowest BCUT2D eigenvalue weighted by Gasteiger charge is -2.11. The molecule has 6 nitrogen and oxygen atoms in total. The maximum atomic E-state index is 12.0. The van der Waals surface area contributed by atoms with Crippen molar-refractivity contribution >= 4 is 23.7 Å². The molecular weight excluding hydrogens is 440 g/mol. The van der Waals surface area contributed by atoms with E-state index < -0.39 is 0 Å². The van der Waals surface area contributed by atoms with Gasteiger partial charge in [0, 0.05) is 11.4 Å². The van der Waals surface area contributed by atoms with E-state index >= 15 is 0 Å². The zero-order chi connectivity index (χ0) is 23.6. The Kier molecular flexibility index (Phi) is 8.72. The van der Waals surface area contributed by atoms with Crippen molar-refractivity contribution in [3.63, 3.8) is 0 Å². The minimum atomic E-state index is -0.371. The van der Waals surface area contributed by atoms with Gasteiger partial charge in [0.05, 0.1) is 19.9 Å². The Morgan fingerprint density at radius 3 is 2.42 bits per heavy atom. The van der Waals surface area contributed by atoms with Gasteiger partial charge in [-0.3, -0.25) is 4.79 Å².